The van der Waals surface area contributed by atoms with E-state index in [2.05, 4.69) is 15.2 Å². The summed E-state index contributed by atoms with van der Waals surface area (Å²) in [5, 5.41) is 6.35. The number of hydrogen-bond donors (Lipinski definition) is 1. The zero-order valence-corrected chi connectivity index (χ0v) is 20.5. The smallest absolute Gasteiger partial charge is 0.338 e. The third kappa shape index (κ3) is 5.45. The van der Waals surface area contributed by atoms with Crippen molar-refractivity contribution >= 4 is 40.4 Å². The Balaban J connectivity index is 1.50. The molecule has 1 aromatic rings. The van der Waals surface area contributed by atoms with Gasteiger partial charge in [-0.15, -0.1) is 0 Å². The number of piperidine rings is 1. The van der Waals surface area contributed by atoms with Gasteiger partial charge >= 0.3 is 5.97 Å². The van der Waals surface area contributed by atoms with Gasteiger partial charge in [-0.25, -0.2) is 9.79 Å². The van der Waals surface area contributed by atoms with E-state index in [0.717, 1.165) is 36.1 Å². The molecule has 3 aliphatic heterocycles. The van der Waals surface area contributed by atoms with E-state index in [1.807, 2.05) is 29.4 Å². The van der Waals surface area contributed by atoms with Crippen molar-refractivity contribution in [3.8, 4) is 0 Å². The summed E-state index contributed by atoms with van der Waals surface area (Å²) in [6.45, 7) is 5.53. The van der Waals surface area contributed by atoms with Crippen LogP contribution in [-0.4, -0.2) is 60.1 Å². The van der Waals surface area contributed by atoms with Gasteiger partial charge in [0, 0.05) is 23.8 Å². The zero-order valence-electron chi connectivity index (χ0n) is 19.0. The number of thioether (sulfide) groups is 1. The minimum absolute atomic E-state index is 0.0409. The van der Waals surface area contributed by atoms with Gasteiger partial charge < -0.3 is 19.9 Å². The lowest BCUT2D eigenvalue weighted by atomic mass is 9.94. The second kappa shape index (κ2) is 10.8. The van der Waals surface area contributed by atoms with Crippen molar-refractivity contribution in [1.29, 1.82) is 0 Å². The second-order valence-corrected chi connectivity index (χ2v) is 9.64. The molecule has 1 fully saturated rings. The van der Waals surface area contributed by atoms with Crippen LogP contribution in [0.25, 0.3) is 0 Å². The molecule has 0 spiro atoms. The van der Waals surface area contributed by atoms with Crippen LogP contribution in [0.3, 0.4) is 0 Å². The number of benzene rings is 1. The van der Waals surface area contributed by atoms with E-state index in [9.17, 15) is 9.59 Å². The first kappa shape index (κ1) is 23.9. The predicted molar refractivity (Wildman–Crippen MR) is 132 cm³/mol. The summed E-state index contributed by atoms with van der Waals surface area (Å²) < 4.78 is 5.08. The fraction of sp³-hybridized carbons (Fsp3) is 0.458. The van der Waals surface area contributed by atoms with Crippen molar-refractivity contribution < 1.29 is 14.3 Å². The number of ether oxygens (including phenoxy) is 1. The van der Waals surface area contributed by atoms with E-state index in [1.54, 1.807) is 12.1 Å². The number of hydrogen-bond acceptors (Lipinski definition) is 7. The van der Waals surface area contributed by atoms with Gasteiger partial charge in [0.1, 0.15) is 0 Å². The number of esters is 1. The fourth-order valence-corrected chi connectivity index (χ4v) is 5.55. The molecule has 4 rings (SSSR count). The molecule has 1 amide bonds. The summed E-state index contributed by atoms with van der Waals surface area (Å²) in [4.78, 5) is 34.5. The van der Waals surface area contributed by atoms with Gasteiger partial charge in [0.15, 0.2) is 5.17 Å². The van der Waals surface area contributed by atoms with Crippen LogP contribution in [0.15, 0.2) is 51.6 Å². The maximum atomic E-state index is 12.8. The van der Waals surface area contributed by atoms with Crippen LogP contribution in [0, 0.1) is 0 Å². The van der Waals surface area contributed by atoms with Crippen LogP contribution < -0.4 is 5.32 Å². The molecule has 1 saturated heterocycles. The van der Waals surface area contributed by atoms with Crippen molar-refractivity contribution in [2.45, 2.75) is 38.6 Å². The first-order chi connectivity index (χ1) is 16.0. The van der Waals surface area contributed by atoms with Crippen LogP contribution in [-0.2, 0) is 14.3 Å². The third-order valence-corrected chi connectivity index (χ3v) is 7.27. The lowest BCUT2D eigenvalue weighted by Crippen LogP contribution is -2.39. The molecule has 0 bridgehead atoms. The van der Waals surface area contributed by atoms with Crippen molar-refractivity contribution in [3.63, 3.8) is 0 Å². The molecule has 7 nitrogen and oxygen atoms in total. The number of amidine groups is 1. The number of amides is 1. The van der Waals surface area contributed by atoms with Crippen molar-refractivity contribution in [3.05, 3.63) is 57.2 Å². The maximum absolute atomic E-state index is 12.8. The summed E-state index contributed by atoms with van der Waals surface area (Å²) in [5.41, 5.74) is 2.76. The SMILES string of the molecule is COC(=O)C1=C(C)N=C2SC=C(CC(=O)NCCN3CCCCC3)N2C1c1ccc(Cl)cc1. The molecule has 3 aliphatic rings. The lowest BCUT2D eigenvalue weighted by Gasteiger charge is -2.36. The second-order valence-electron chi connectivity index (χ2n) is 8.37. The summed E-state index contributed by atoms with van der Waals surface area (Å²) in [6.07, 6.45) is 3.97. The van der Waals surface area contributed by atoms with Crippen LogP contribution in [0.2, 0.25) is 5.02 Å². The topological polar surface area (TPSA) is 74.2 Å². The number of halogens is 1. The number of aliphatic imine (C=N–C) groups is 1. The molecule has 0 radical (unpaired) electrons. The Bertz CT molecular complexity index is 999. The largest absolute Gasteiger partial charge is 0.466 e. The van der Waals surface area contributed by atoms with Gasteiger partial charge in [-0.05, 0) is 56.0 Å². The number of nitrogens with one attached hydrogen (secondary N) is 1. The number of methoxy groups -OCH3 is 1. The summed E-state index contributed by atoms with van der Waals surface area (Å²) >= 11 is 7.57. The minimum Gasteiger partial charge on any atom is -0.466 e. The Kier molecular flexibility index (Phi) is 7.78. The average molecular weight is 489 g/mol. The van der Waals surface area contributed by atoms with Gasteiger partial charge in [-0.1, -0.05) is 41.9 Å². The number of fused-ring (bicyclic) bond motifs is 1. The lowest BCUT2D eigenvalue weighted by molar-refractivity contribution is -0.136. The van der Waals surface area contributed by atoms with Crippen LogP contribution >= 0.6 is 23.4 Å². The van der Waals surface area contributed by atoms with E-state index in [-0.39, 0.29) is 12.3 Å². The van der Waals surface area contributed by atoms with Crippen molar-refractivity contribution in [1.82, 2.24) is 15.1 Å². The summed E-state index contributed by atoms with van der Waals surface area (Å²) in [6, 6.07) is 6.94. The number of nitrogens with zero attached hydrogens (tertiary/aromatic N) is 3. The number of carbonyl (C=O) groups is 2. The molecule has 1 N–H and O–H groups in total. The number of rotatable bonds is 7. The molecule has 1 atom stereocenters. The molecule has 33 heavy (non-hydrogen) atoms. The van der Waals surface area contributed by atoms with E-state index in [1.165, 1.54) is 38.1 Å². The quantitative estimate of drug-likeness (QED) is 0.583. The van der Waals surface area contributed by atoms with Crippen LogP contribution in [0.5, 0.6) is 0 Å². The number of carbonyl (C=O) groups excluding carboxylic acids is 2. The Morgan fingerprint density at radius 1 is 1.21 bits per heavy atom. The van der Waals surface area contributed by atoms with Crippen molar-refractivity contribution in [2.75, 3.05) is 33.3 Å². The molecule has 0 saturated carbocycles. The highest BCUT2D eigenvalue weighted by atomic mass is 35.5. The fourth-order valence-electron chi connectivity index (χ4n) is 4.46. The maximum Gasteiger partial charge on any atom is 0.338 e. The highest BCUT2D eigenvalue weighted by molar-refractivity contribution is 8.16. The highest BCUT2D eigenvalue weighted by Gasteiger charge is 2.40. The molecule has 0 aromatic heterocycles. The molecular weight excluding hydrogens is 460 g/mol. The monoisotopic (exact) mass is 488 g/mol. The normalized spacial score (nSPS) is 20.8. The van der Waals surface area contributed by atoms with E-state index in [4.69, 9.17) is 16.3 Å². The van der Waals surface area contributed by atoms with E-state index < -0.39 is 12.0 Å². The number of likely N-dealkylation sites (tertiary alicyclic amines) is 1. The van der Waals surface area contributed by atoms with Gasteiger partial charge in [-0.3, -0.25) is 4.79 Å². The van der Waals surface area contributed by atoms with Gasteiger partial charge in [0.25, 0.3) is 0 Å². The standard InChI is InChI=1S/C24H29ClN4O3S/c1-16-21(23(31)32-2)22(17-6-8-18(25)9-7-17)29-19(15-33-24(29)27-16)14-20(30)26-10-13-28-11-4-3-5-12-28/h6-9,15,22H,3-5,10-14H2,1-2H3,(H,26,30). The first-order valence-corrected chi connectivity index (χ1v) is 12.5. The van der Waals surface area contributed by atoms with Crippen LogP contribution in [0.1, 0.15) is 44.2 Å². The molecule has 0 aliphatic carbocycles. The Hall–Kier alpha value is -2.29. The first-order valence-electron chi connectivity index (χ1n) is 11.2. The summed E-state index contributed by atoms with van der Waals surface area (Å²) in [5.74, 6) is -0.474. The molecule has 3 heterocycles. The van der Waals surface area contributed by atoms with E-state index >= 15 is 0 Å². The third-order valence-electron chi connectivity index (χ3n) is 6.13. The molecule has 176 valence electrons. The highest BCUT2D eigenvalue weighted by Crippen LogP contribution is 2.44. The molecule has 9 heteroatoms. The number of allylic oxidation sites excluding steroid dienone is 1. The average Bonchev–Trinajstić information content (AvgIpc) is 3.20. The van der Waals surface area contributed by atoms with Gasteiger partial charge in [0.2, 0.25) is 5.91 Å². The molecule has 1 unspecified atom stereocenters. The molecule has 1 aromatic carbocycles. The minimum atomic E-state index is -0.440. The van der Waals surface area contributed by atoms with Gasteiger partial charge in [0.05, 0.1) is 30.8 Å². The summed E-state index contributed by atoms with van der Waals surface area (Å²) in [7, 11) is 1.37. The zero-order chi connectivity index (χ0) is 23.4. The predicted octanol–water partition coefficient (Wildman–Crippen LogP) is 4.08. The Labute approximate surface area is 203 Å². The van der Waals surface area contributed by atoms with Gasteiger partial charge in [-0.2, -0.15) is 0 Å². The van der Waals surface area contributed by atoms with Crippen LogP contribution in [0.4, 0.5) is 0 Å². The van der Waals surface area contributed by atoms with Crippen molar-refractivity contribution in [2.24, 2.45) is 4.99 Å². The van der Waals surface area contributed by atoms with E-state index in [0.29, 0.717) is 22.8 Å². The molecular formula is C24H29ClN4O3S. The Morgan fingerprint density at radius 2 is 1.94 bits per heavy atom. The Morgan fingerprint density at radius 3 is 2.64 bits per heavy atom.